The molecule has 1 aromatic carbocycles. The lowest BCUT2D eigenvalue weighted by Gasteiger charge is -2.13. The zero-order valence-electron chi connectivity index (χ0n) is 9.32. The Morgan fingerprint density at radius 3 is 2.42 bits per heavy atom. The van der Waals surface area contributed by atoms with Crippen molar-refractivity contribution in [1.82, 2.24) is 0 Å². The van der Waals surface area contributed by atoms with Crippen LogP contribution in [0, 0.1) is 10.1 Å². The van der Waals surface area contributed by atoms with Crippen LogP contribution in [-0.2, 0) is 6.18 Å². The monoisotopic (exact) mass is 280 g/mol. The number of carboxylic acid groups (broad SMARTS) is 1. The maximum Gasteiger partial charge on any atom is 0.420 e. The summed E-state index contributed by atoms with van der Waals surface area (Å²) in [7, 11) is 0.932. The maximum absolute atomic E-state index is 12.6. The first-order chi connectivity index (χ1) is 8.66. The van der Waals surface area contributed by atoms with E-state index in [-0.39, 0.29) is 6.07 Å². The van der Waals surface area contributed by atoms with E-state index in [1.54, 1.807) is 5.32 Å². The first-order valence-corrected chi connectivity index (χ1v) is 4.60. The van der Waals surface area contributed by atoms with Gasteiger partial charge in [-0.25, -0.2) is 4.79 Å². The summed E-state index contributed by atoms with van der Waals surface area (Å²) in [5.41, 5.74) is -2.99. The number of hydrogen-bond donors (Lipinski definition) is 2. The van der Waals surface area contributed by atoms with Crippen molar-refractivity contribution in [3.8, 4) is 5.75 Å². The number of amides is 1. The maximum atomic E-state index is 12.6. The molecule has 0 aliphatic heterocycles. The van der Waals surface area contributed by atoms with Crippen LogP contribution in [0.2, 0.25) is 0 Å². The molecule has 0 saturated heterocycles. The fourth-order valence-electron chi connectivity index (χ4n) is 1.33. The molecule has 1 rings (SSSR count). The van der Waals surface area contributed by atoms with Crippen LogP contribution in [0.4, 0.5) is 29.3 Å². The van der Waals surface area contributed by atoms with Crippen LogP contribution in [0.5, 0.6) is 5.75 Å². The topological polar surface area (TPSA) is 102 Å². The first-order valence-electron chi connectivity index (χ1n) is 4.60. The van der Waals surface area contributed by atoms with Gasteiger partial charge in [-0.05, 0) is 0 Å². The highest BCUT2D eigenvalue weighted by molar-refractivity contribution is 5.87. The van der Waals surface area contributed by atoms with E-state index in [0.717, 1.165) is 7.11 Å². The molecule has 0 unspecified atom stereocenters. The van der Waals surface area contributed by atoms with Gasteiger partial charge in [0.1, 0.15) is 17.0 Å². The van der Waals surface area contributed by atoms with E-state index in [2.05, 4.69) is 4.74 Å². The van der Waals surface area contributed by atoms with Gasteiger partial charge in [-0.3, -0.25) is 15.4 Å². The summed E-state index contributed by atoms with van der Waals surface area (Å²) >= 11 is 0. The predicted octanol–water partition coefficient (Wildman–Crippen LogP) is 2.71. The minimum absolute atomic E-state index is 0.212. The molecule has 10 heteroatoms. The Kier molecular flexibility index (Phi) is 3.83. The molecule has 0 aliphatic carbocycles. The molecule has 104 valence electrons. The van der Waals surface area contributed by atoms with E-state index in [0.29, 0.717) is 6.07 Å². The number of methoxy groups -OCH3 is 1. The second kappa shape index (κ2) is 5.00. The number of nitrogens with zero attached hydrogens (tertiary/aromatic N) is 1. The molecule has 7 nitrogen and oxygen atoms in total. The molecular weight excluding hydrogens is 273 g/mol. The van der Waals surface area contributed by atoms with Gasteiger partial charge in [0.2, 0.25) is 0 Å². The minimum Gasteiger partial charge on any atom is -0.496 e. The lowest BCUT2D eigenvalue weighted by Crippen LogP contribution is -2.13. The molecule has 0 fully saturated rings. The number of carbonyl (C=O) groups is 1. The minimum atomic E-state index is -4.86. The van der Waals surface area contributed by atoms with Crippen LogP contribution < -0.4 is 10.1 Å². The first kappa shape index (κ1) is 14.5. The summed E-state index contributed by atoms with van der Waals surface area (Å²) in [6.45, 7) is 0. The third kappa shape index (κ3) is 3.24. The van der Waals surface area contributed by atoms with E-state index >= 15 is 0 Å². The highest BCUT2D eigenvalue weighted by Gasteiger charge is 2.37. The number of nitro groups is 1. The summed E-state index contributed by atoms with van der Waals surface area (Å²) in [6, 6.07) is 0.819. The molecule has 0 radical (unpaired) electrons. The number of ether oxygens (including phenoxy) is 1. The Labute approximate surface area is 103 Å². The zero-order chi connectivity index (χ0) is 14.8. The summed E-state index contributed by atoms with van der Waals surface area (Å²) in [5.74, 6) is -0.721. The number of nitrogens with one attached hydrogen (secondary N) is 1. The standard InChI is InChI=1S/C9H7F3N2O5/c1-19-7-3-5(13-8(15)16)6(14(17)18)2-4(7)9(10,11)12/h2-3,13H,1H3,(H,15,16). The SMILES string of the molecule is COc1cc(NC(=O)O)c([N+](=O)[O-])cc1C(F)(F)F. The van der Waals surface area contributed by atoms with Crippen molar-refractivity contribution >= 4 is 17.5 Å². The average molecular weight is 280 g/mol. The number of alkyl halides is 3. The average Bonchev–Trinajstić information content (AvgIpc) is 2.25. The van der Waals surface area contributed by atoms with Crippen LogP contribution in [0.3, 0.4) is 0 Å². The van der Waals surface area contributed by atoms with Crippen molar-refractivity contribution in [3.63, 3.8) is 0 Å². The van der Waals surface area contributed by atoms with E-state index in [1.807, 2.05) is 0 Å². The van der Waals surface area contributed by atoms with E-state index in [1.165, 1.54) is 0 Å². The lowest BCUT2D eigenvalue weighted by atomic mass is 10.1. The van der Waals surface area contributed by atoms with Gasteiger partial charge in [0.05, 0.1) is 12.0 Å². The Morgan fingerprint density at radius 1 is 1.47 bits per heavy atom. The van der Waals surface area contributed by atoms with Crippen molar-refractivity contribution in [1.29, 1.82) is 0 Å². The van der Waals surface area contributed by atoms with Gasteiger partial charge in [0.25, 0.3) is 5.69 Å². The molecule has 1 aromatic rings. The normalized spacial score (nSPS) is 10.9. The van der Waals surface area contributed by atoms with Crippen molar-refractivity contribution < 1.29 is 32.7 Å². The molecule has 19 heavy (non-hydrogen) atoms. The predicted molar refractivity (Wildman–Crippen MR) is 56.3 cm³/mol. The van der Waals surface area contributed by atoms with Crippen LogP contribution in [-0.4, -0.2) is 23.2 Å². The van der Waals surface area contributed by atoms with Crippen molar-refractivity contribution in [2.24, 2.45) is 0 Å². The van der Waals surface area contributed by atoms with E-state index < -0.39 is 39.9 Å². The summed E-state index contributed by atoms with van der Waals surface area (Å²) < 4.78 is 42.4. The quantitative estimate of drug-likeness (QED) is 0.654. The van der Waals surface area contributed by atoms with Gasteiger partial charge in [0, 0.05) is 12.1 Å². The van der Waals surface area contributed by atoms with Gasteiger partial charge in [-0.15, -0.1) is 0 Å². The molecule has 0 saturated carbocycles. The number of rotatable bonds is 3. The third-order valence-corrected chi connectivity index (χ3v) is 2.06. The fourth-order valence-corrected chi connectivity index (χ4v) is 1.33. The molecule has 0 bridgehead atoms. The molecule has 2 N–H and O–H groups in total. The second-order valence-electron chi connectivity index (χ2n) is 3.25. The highest BCUT2D eigenvalue weighted by atomic mass is 19.4. The van der Waals surface area contributed by atoms with Gasteiger partial charge >= 0.3 is 12.3 Å². The van der Waals surface area contributed by atoms with Crippen molar-refractivity contribution in [3.05, 3.63) is 27.8 Å². The molecule has 0 aliphatic rings. The molecule has 0 atom stereocenters. The number of benzene rings is 1. The number of halogens is 3. The van der Waals surface area contributed by atoms with Crippen LogP contribution >= 0.6 is 0 Å². The van der Waals surface area contributed by atoms with Crippen LogP contribution in [0.25, 0.3) is 0 Å². The largest absolute Gasteiger partial charge is 0.496 e. The summed E-state index contributed by atoms with van der Waals surface area (Å²) in [5, 5.41) is 20.8. The van der Waals surface area contributed by atoms with E-state index in [9.17, 15) is 28.1 Å². The van der Waals surface area contributed by atoms with Crippen molar-refractivity contribution in [2.75, 3.05) is 12.4 Å². The smallest absolute Gasteiger partial charge is 0.420 e. The van der Waals surface area contributed by atoms with Gasteiger partial charge in [0.15, 0.2) is 0 Å². The number of nitro benzene ring substituents is 1. The Balaban J connectivity index is 3.51. The van der Waals surface area contributed by atoms with Crippen molar-refractivity contribution in [2.45, 2.75) is 6.18 Å². The number of hydrogen-bond acceptors (Lipinski definition) is 4. The van der Waals surface area contributed by atoms with Gasteiger partial charge in [-0.1, -0.05) is 0 Å². The second-order valence-corrected chi connectivity index (χ2v) is 3.25. The van der Waals surface area contributed by atoms with Crippen LogP contribution in [0.1, 0.15) is 5.56 Å². The summed E-state index contributed by atoms with van der Waals surface area (Å²) in [4.78, 5) is 19.9. The van der Waals surface area contributed by atoms with Gasteiger partial charge < -0.3 is 9.84 Å². The van der Waals surface area contributed by atoms with Gasteiger partial charge in [-0.2, -0.15) is 13.2 Å². The summed E-state index contributed by atoms with van der Waals surface area (Å²) in [6.07, 6.45) is -6.51. The molecule has 0 heterocycles. The zero-order valence-corrected chi connectivity index (χ0v) is 9.32. The Hall–Kier alpha value is -2.52. The fraction of sp³-hybridized carbons (Fsp3) is 0.222. The molecular formula is C9H7F3N2O5. The lowest BCUT2D eigenvalue weighted by molar-refractivity contribution is -0.384. The molecule has 1 amide bonds. The highest BCUT2D eigenvalue weighted by Crippen LogP contribution is 2.41. The Bertz CT molecular complexity index is 529. The molecule has 0 spiro atoms. The third-order valence-electron chi connectivity index (χ3n) is 2.06. The van der Waals surface area contributed by atoms with Crippen LogP contribution in [0.15, 0.2) is 12.1 Å². The Morgan fingerprint density at radius 2 is 2.05 bits per heavy atom. The number of anilines is 1. The van der Waals surface area contributed by atoms with E-state index in [4.69, 9.17) is 5.11 Å². The molecule has 0 aromatic heterocycles.